The number of aryl methyl sites for hydroxylation is 1. The Morgan fingerprint density at radius 3 is 2.50 bits per heavy atom. The fourth-order valence-corrected chi connectivity index (χ4v) is 4.37. The number of imidazole rings is 1. The number of carbonyl (C=O) groups excluding carboxylic acids is 2. The summed E-state index contributed by atoms with van der Waals surface area (Å²) in [5.74, 6) is -1.70. The van der Waals surface area contributed by atoms with Gasteiger partial charge < -0.3 is 25.2 Å². The number of carboxylic acids is 1. The second-order valence-corrected chi connectivity index (χ2v) is 9.29. The maximum atomic E-state index is 13.3. The molecule has 1 atom stereocenters. The number of nitrogens with one attached hydrogen (secondary N) is 2. The molecule has 0 bridgehead atoms. The lowest BCUT2D eigenvalue weighted by atomic mass is 10.0. The van der Waals surface area contributed by atoms with Crippen LogP contribution in [0.1, 0.15) is 40.9 Å². The molecule has 0 fully saturated rings. The van der Waals surface area contributed by atoms with E-state index < -0.39 is 28.8 Å². The molecule has 1 amide bonds. The summed E-state index contributed by atoms with van der Waals surface area (Å²) in [6, 6.07) is 13.8. The largest absolute Gasteiger partial charge is 0.490 e. The summed E-state index contributed by atoms with van der Waals surface area (Å²) in [5, 5.41) is 26.8. The van der Waals surface area contributed by atoms with E-state index in [-0.39, 0.29) is 42.3 Å². The van der Waals surface area contributed by atoms with Gasteiger partial charge in [0, 0.05) is 23.4 Å². The minimum atomic E-state index is -1.07. The van der Waals surface area contributed by atoms with Gasteiger partial charge in [0.2, 0.25) is 0 Å². The molecular formula is C29H29N5O8. The highest BCUT2D eigenvalue weighted by molar-refractivity contribution is 5.96. The fourth-order valence-electron chi connectivity index (χ4n) is 4.37. The lowest BCUT2D eigenvalue weighted by Gasteiger charge is -2.18. The average Bonchev–Trinajstić information content (AvgIpc) is 3.33. The van der Waals surface area contributed by atoms with Crippen LogP contribution >= 0.6 is 0 Å². The molecule has 0 spiro atoms. The number of nitro groups is 1. The van der Waals surface area contributed by atoms with Gasteiger partial charge in [-0.15, -0.1) is 0 Å². The molecule has 2 aromatic heterocycles. The van der Waals surface area contributed by atoms with Gasteiger partial charge in [0.1, 0.15) is 23.7 Å². The number of esters is 1. The van der Waals surface area contributed by atoms with Crippen molar-refractivity contribution in [2.75, 3.05) is 25.6 Å². The molecule has 0 aliphatic carbocycles. The molecule has 13 heteroatoms. The van der Waals surface area contributed by atoms with Crippen LogP contribution in [-0.2, 0) is 14.3 Å². The van der Waals surface area contributed by atoms with Crippen molar-refractivity contribution in [2.24, 2.45) is 0 Å². The zero-order valence-corrected chi connectivity index (χ0v) is 23.1. The third-order valence-electron chi connectivity index (χ3n) is 6.41. The number of rotatable bonds is 12. The quantitative estimate of drug-likeness (QED) is 0.126. The van der Waals surface area contributed by atoms with Gasteiger partial charge in [0.05, 0.1) is 31.1 Å². The van der Waals surface area contributed by atoms with E-state index in [0.717, 1.165) is 5.56 Å². The van der Waals surface area contributed by atoms with E-state index in [1.165, 1.54) is 31.4 Å². The Bertz CT molecular complexity index is 1650. The number of amides is 1. The minimum absolute atomic E-state index is 0.0667. The van der Waals surface area contributed by atoms with Crippen LogP contribution in [0, 0.1) is 17.0 Å². The summed E-state index contributed by atoms with van der Waals surface area (Å²) in [5.41, 5.74) is 2.52. The average molecular weight is 576 g/mol. The number of benzene rings is 2. The number of fused-ring (bicyclic) bond motifs is 1. The topological polar surface area (TPSA) is 174 Å². The van der Waals surface area contributed by atoms with Gasteiger partial charge in [-0.3, -0.25) is 28.9 Å². The molecule has 4 rings (SSSR count). The zero-order valence-electron chi connectivity index (χ0n) is 23.1. The number of aliphatic carboxylic acids is 1. The molecule has 2 heterocycles. The molecule has 0 radical (unpaired) electrons. The molecule has 42 heavy (non-hydrogen) atoms. The minimum Gasteiger partial charge on any atom is -0.490 e. The van der Waals surface area contributed by atoms with E-state index in [9.17, 15) is 29.6 Å². The highest BCUT2D eigenvalue weighted by Crippen LogP contribution is 2.35. The third kappa shape index (κ3) is 6.63. The van der Waals surface area contributed by atoms with E-state index in [2.05, 4.69) is 15.6 Å². The van der Waals surface area contributed by atoms with Crippen molar-refractivity contribution in [3.05, 3.63) is 87.6 Å². The second kappa shape index (κ2) is 12.8. The van der Waals surface area contributed by atoms with Crippen molar-refractivity contribution >= 4 is 35.0 Å². The van der Waals surface area contributed by atoms with Crippen LogP contribution < -0.4 is 15.4 Å². The number of pyridine rings is 1. The number of nitrogens with zero attached hydrogens (tertiary/aromatic N) is 3. The van der Waals surface area contributed by atoms with Crippen LogP contribution in [0.3, 0.4) is 0 Å². The molecule has 3 N–H and O–H groups in total. The number of hydrogen-bond donors (Lipinski definition) is 3. The van der Waals surface area contributed by atoms with Gasteiger partial charge in [-0.2, -0.15) is 0 Å². The van der Waals surface area contributed by atoms with Crippen LogP contribution in [-0.4, -0.2) is 57.5 Å². The third-order valence-corrected chi connectivity index (χ3v) is 6.41. The lowest BCUT2D eigenvalue weighted by Crippen LogP contribution is -2.30. The highest BCUT2D eigenvalue weighted by atomic mass is 16.6. The molecule has 13 nitrogen and oxygen atoms in total. The summed E-state index contributed by atoms with van der Waals surface area (Å²) in [7, 11) is 1.33. The van der Waals surface area contributed by atoms with Crippen molar-refractivity contribution in [3.63, 3.8) is 0 Å². The lowest BCUT2D eigenvalue weighted by molar-refractivity contribution is -0.385. The highest BCUT2D eigenvalue weighted by Gasteiger charge is 2.23. The summed E-state index contributed by atoms with van der Waals surface area (Å²) < 4.78 is 11.7. The molecular weight excluding hydrogens is 546 g/mol. The van der Waals surface area contributed by atoms with E-state index in [1.807, 2.05) is 19.1 Å². The Kier molecular flexibility index (Phi) is 9.00. The van der Waals surface area contributed by atoms with Gasteiger partial charge in [-0.25, -0.2) is 4.98 Å². The number of anilines is 1. The Hall–Kier alpha value is -5.46. The van der Waals surface area contributed by atoms with E-state index >= 15 is 0 Å². The molecule has 1 unspecified atom stereocenters. The van der Waals surface area contributed by atoms with E-state index in [1.54, 1.807) is 35.7 Å². The molecule has 218 valence electrons. The number of hydrogen-bond acceptors (Lipinski definition) is 9. The van der Waals surface area contributed by atoms with Crippen LogP contribution in [0.5, 0.6) is 5.75 Å². The standard InChI is InChI=1S/C29H29N5O8/c1-4-42-26(37)16-30-28-27(19-9-10-23(41-3)22(13-19)34(39)40)32-24-14-20(11-12-33(24)28)29(38)31-21(15-25(35)36)18-7-5-17(2)6-8-18/h5-14,21,30H,4,15-16H2,1-3H3,(H,31,38)(H,35,36). The number of carboxylic acid groups (broad SMARTS) is 1. The molecule has 0 saturated heterocycles. The van der Waals surface area contributed by atoms with E-state index in [0.29, 0.717) is 22.6 Å². The predicted octanol–water partition coefficient (Wildman–Crippen LogP) is 4.15. The second-order valence-electron chi connectivity index (χ2n) is 9.29. The van der Waals surface area contributed by atoms with Crippen LogP contribution in [0.4, 0.5) is 11.5 Å². The molecule has 0 saturated carbocycles. The molecule has 2 aromatic carbocycles. The summed E-state index contributed by atoms with van der Waals surface area (Å²) in [4.78, 5) is 52.5. The van der Waals surface area contributed by atoms with Crippen molar-refractivity contribution in [1.29, 1.82) is 0 Å². The normalized spacial score (nSPS) is 11.5. The molecule has 4 aromatic rings. The molecule has 0 aliphatic rings. The number of carbonyl (C=O) groups is 3. The first-order valence-electron chi connectivity index (χ1n) is 12.9. The van der Waals surface area contributed by atoms with Crippen molar-refractivity contribution in [2.45, 2.75) is 26.3 Å². The first kappa shape index (κ1) is 29.5. The maximum Gasteiger partial charge on any atom is 0.325 e. The summed E-state index contributed by atoms with van der Waals surface area (Å²) in [6.07, 6.45) is 1.24. The van der Waals surface area contributed by atoms with Crippen LogP contribution in [0.2, 0.25) is 0 Å². The van der Waals surface area contributed by atoms with E-state index in [4.69, 9.17) is 9.47 Å². The van der Waals surface area contributed by atoms with Crippen LogP contribution in [0.25, 0.3) is 16.9 Å². The zero-order chi connectivity index (χ0) is 30.4. The first-order valence-corrected chi connectivity index (χ1v) is 12.9. The van der Waals surface area contributed by atoms with Gasteiger partial charge in [0.15, 0.2) is 5.75 Å². The van der Waals surface area contributed by atoms with Crippen LogP contribution in [0.15, 0.2) is 60.8 Å². The first-order chi connectivity index (χ1) is 20.1. The van der Waals surface area contributed by atoms with Gasteiger partial charge in [-0.1, -0.05) is 29.8 Å². The van der Waals surface area contributed by atoms with Gasteiger partial charge in [-0.05, 0) is 43.7 Å². The summed E-state index contributed by atoms with van der Waals surface area (Å²) >= 11 is 0. The van der Waals surface area contributed by atoms with Gasteiger partial charge >= 0.3 is 17.6 Å². The van der Waals surface area contributed by atoms with Crippen molar-refractivity contribution in [3.8, 4) is 17.0 Å². The number of nitro benzene ring substituents is 1. The van der Waals surface area contributed by atoms with Crippen molar-refractivity contribution in [1.82, 2.24) is 14.7 Å². The monoisotopic (exact) mass is 575 g/mol. The number of methoxy groups -OCH3 is 1. The fraction of sp³-hybridized carbons (Fsp3) is 0.241. The van der Waals surface area contributed by atoms with Crippen molar-refractivity contribution < 1.29 is 33.9 Å². The maximum absolute atomic E-state index is 13.3. The Labute approximate surface area is 240 Å². The summed E-state index contributed by atoms with van der Waals surface area (Å²) in [6.45, 7) is 3.57. The Balaban J connectivity index is 1.73. The Morgan fingerprint density at radius 1 is 1.12 bits per heavy atom. The Morgan fingerprint density at radius 2 is 1.86 bits per heavy atom. The predicted molar refractivity (Wildman–Crippen MR) is 153 cm³/mol. The SMILES string of the molecule is CCOC(=O)CNc1c(-c2ccc(OC)c([N+](=O)[O-])c2)nc2cc(C(=O)NC(CC(=O)O)c3ccc(C)cc3)ccn12. The van der Waals surface area contributed by atoms with Gasteiger partial charge in [0.25, 0.3) is 5.91 Å². The molecule has 0 aliphatic heterocycles. The smallest absolute Gasteiger partial charge is 0.325 e. The number of aromatic nitrogens is 2. The number of ether oxygens (including phenoxy) is 2.